The first kappa shape index (κ1) is 11.1. The highest BCUT2D eigenvalue weighted by Gasteiger charge is 2.20. The van der Waals surface area contributed by atoms with Crippen LogP contribution in [0.4, 0.5) is 0 Å². The average Bonchev–Trinajstić information content (AvgIpc) is 2.91. The molecule has 0 heterocycles. The van der Waals surface area contributed by atoms with Gasteiger partial charge in [0.2, 0.25) is 0 Å². The first-order chi connectivity index (χ1) is 10.4. The zero-order valence-electron chi connectivity index (χ0n) is 11.6. The van der Waals surface area contributed by atoms with E-state index in [1.54, 1.807) is 0 Å². The van der Waals surface area contributed by atoms with Crippen LogP contribution in [0.3, 0.4) is 0 Å². The molecule has 0 aliphatic heterocycles. The molecule has 2 aromatic carbocycles. The van der Waals surface area contributed by atoms with Gasteiger partial charge in [-0.15, -0.1) is 0 Å². The molecule has 3 aliphatic carbocycles. The van der Waals surface area contributed by atoms with Crippen molar-refractivity contribution in [2.75, 3.05) is 0 Å². The molecule has 0 N–H and O–H groups in total. The van der Waals surface area contributed by atoms with Gasteiger partial charge in [-0.05, 0) is 50.6 Å². The van der Waals surface area contributed by atoms with Crippen molar-refractivity contribution in [3.63, 3.8) is 0 Å². The largest absolute Gasteiger partial charge is 0.0613 e. The molecule has 0 nitrogen and oxygen atoms in total. The van der Waals surface area contributed by atoms with Crippen molar-refractivity contribution in [3.05, 3.63) is 83.9 Å². The fraction of sp³-hybridized carbons (Fsp3) is 0.0476. The third kappa shape index (κ3) is 1.45. The molecule has 0 radical (unpaired) electrons. The molecule has 0 atom stereocenters. The lowest BCUT2D eigenvalue weighted by Crippen LogP contribution is -2.00. The Labute approximate surface area is 124 Å². The molecule has 3 aliphatic rings. The van der Waals surface area contributed by atoms with Crippen LogP contribution in [-0.4, -0.2) is 0 Å². The van der Waals surface area contributed by atoms with E-state index >= 15 is 0 Å². The molecule has 0 fully saturated rings. The lowest BCUT2D eigenvalue weighted by Gasteiger charge is -2.21. The molecule has 0 aromatic heterocycles. The van der Waals surface area contributed by atoms with E-state index in [1.807, 2.05) is 0 Å². The zero-order chi connectivity index (χ0) is 13.8. The Balaban J connectivity index is 1.98. The van der Waals surface area contributed by atoms with Crippen LogP contribution in [0.1, 0.15) is 11.1 Å². The van der Waals surface area contributed by atoms with Crippen molar-refractivity contribution < 1.29 is 0 Å². The second-order valence-corrected chi connectivity index (χ2v) is 5.81. The minimum Gasteiger partial charge on any atom is -0.0613 e. The maximum Gasteiger partial charge on any atom is -0.000706 e. The predicted molar refractivity (Wildman–Crippen MR) is 88.8 cm³/mol. The summed E-state index contributed by atoms with van der Waals surface area (Å²) in [4.78, 5) is 0. The van der Waals surface area contributed by atoms with Gasteiger partial charge in [-0.25, -0.2) is 0 Å². The van der Waals surface area contributed by atoms with E-state index in [0.29, 0.717) is 0 Å². The Bertz CT molecular complexity index is 957. The fourth-order valence-corrected chi connectivity index (χ4v) is 3.77. The zero-order valence-corrected chi connectivity index (χ0v) is 11.6. The highest BCUT2D eigenvalue weighted by atomic mass is 14.2. The van der Waals surface area contributed by atoms with Gasteiger partial charge in [0, 0.05) is 0 Å². The second-order valence-electron chi connectivity index (χ2n) is 5.81. The Hall–Kier alpha value is -2.60. The summed E-state index contributed by atoms with van der Waals surface area (Å²) in [5.74, 6) is 0. The lowest BCUT2D eigenvalue weighted by molar-refractivity contribution is 1.21. The van der Waals surface area contributed by atoms with Crippen molar-refractivity contribution in [3.8, 4) is 22.3 Å². The fourth-order valence-electron chi connectivity index (χ4n) is 3.77. The lowest BCUT2D eigenvalue weighted by atomic mass is 9.83. The first-order valence-corrected chi connectivity index (χ1v) is 7.43. The van der Waals surface area contributed by atoms with Crippen LogP contribution in [0.2, 0.25) is 0 Å². The van der Waals surface area contributed by atoms with Crippen LogP contribution < -0.4 is 0 Å². The summed E-state index contributed by atoms with van der Waals surface area (Å²) in [6, 6.07) is 26.6. The molecule has 5 rings (SSSR count). The summed E-state index contributed by atoms with van der Waals surface area (Å²) in [7, 11) is 0. The third-order valence-electron chi connectivity index (χ3n) is 4.69. The molecule has 0 amide bonds. The molecule has 0 saturated carbocycles. The average molecular weight is 266 g/mol. The van der Waals surface area contributed by atoms with E-state index < -0.39 is 0 Å². The van der Waals surface area contributed by atoms with Crippen molar-refractivity contribution in [1.29, 1.82) is 0 Å². The molecule has 0 saturated heterocycles. The van der Waals surface area contributed by atoms with E-state index in [2.05, 4.69) is 72.8 Å². The van der Waals surface area contributed by atoms with Gasteiger partial charge in [0.05, 0.1) is 0 Å². The number of rotatable bonds is 0. The highest BCUT2D eigenvalue weighted by molar-refractivity contribution is 6.03. The van der Waals surface area contributed by atoms with Crippen LogP contribution in [0.5, 0.6) is 0 Å². The van der Waals surface area contributed by atoms with Crippen molar-refractivity contribution in [2.24, 2.45) is 0 Å². The van der Waals surface area contributed by atoms with Gasteiger partial charge in [0.25, 0.3) is 0 Å². The standard InChI is InChI=1S/C21H14/c1-7-15-8-4-12-19-18-11-3-6-14-5-2-10-17(14)20(18)13-16(9-1)21(15)19/h1-12H,13H2. The van der Waals surface area contributed by atoms with Crippen LogP contribution in [-0.2, 0) is 6.42 Å². The van der Waals surface area contributed by atoms with Crippen LogP contribution in [0, 0.1) is 0 Å². The topological polar surface area (TPSA) is 0 Å². The maximum absolute atomic E-state index is 2.28. The summed E-state index contributed by atoms with van der Waals surface area (Å²) in [5, 5.41) is 2.78. The SMILES string of the molecule is c1cc2cccc3c(c-2c1)Cc1cccc2cccc-3c12. The van der Waals surface area contributed by atoms with Crippen LogP contribution in [0.15, 0.2) is 72.8 Å². The van der Waals surface area contributed by atoms with Gasteiger partial charge >= 0.3 is 0 Å². The monoisotopic (exact) mass is 266 g/mol. The molecule has 0 bridgehead atoms. The van der Waals surface area contributed by atoms with E-state index in [0.717, 1.165) is 6.42 Å². The summed E-state index contributed by atoms with van der Waals surface area (Å²) >= 11 is 0. The minimum absolute atomic E-state index is 1.03. The quantitative estimate of drug-likeness (QED) is 0.346. The van der Waals surface area contributed by atoms with Crippen molar-refractivity contribution >= 4 is 10.8 Å². The maximum atomic E-state index is 2.28. The Morgan fingerprint density at radius 2 is 1.24 bits per heavy atom. The summed E-state index contributed by atoms with van der Waals surface area (Å²) in [6.45, 7) is 0. The molecular weight excluding hydrogens is 252 g/mol. The van der Waals surface area contributed by atoms with Gasteiger partial charge in [0.15, 0.2) is 0 Å². The van der Waals surface area contributed by atoms with Crippen LogP contribution >= 0.6 is 0 Å². The Morgan fingerprint density at radius 3 is 2.10 bits per heavy atom. The number of hydrogen-bond acceptors (Lipinski definition) is 0. The third-order valence-corrected chi connectivity index (χ3v) is 4.69. The van der Waals surface area contributed by atoms with Gasteiger partial charge in [-0.3, -0.25) is 0 Å². The number of benzene rings is 2. The molecular formula is C21H14. The summed E-state index contributed by atoms with van der Waals surface area (Å²) < 4.78 is 0. The Morgan fingerprint density at radius 1 is 0.571 bits per heavy atom. The van der Waals surface area contributed by atoms with E-state index in [-0.39, 0.29) is 0 Å². The Kier molecular flexibility index (Phi) is 2.09. The van der Waals surface area contributed by atoms with Gasteiger partial charge in [-0.1, -0.05) is 72.8 Å². The van der Waals surface area contributed by atoms with E-state index in [9.17, 15) is 0 Å². The number of hydrogen-bond donors (Lipinski definition) is 0. The summed E-state index contributed by atoms with van der Waals surface area (Å²) in [5.41, 5.74) is 8.41. The number of fused-ring (bicyclic) bond motifs is 4. The smallest absolute Gasteiger partial charge is 0.000706 e. The van der Waals surface area contributed by atoms with E-state index in [4.69, 9.17) is 0 Å². The van der Waals surface area contributed by atoms with Crippen LogP contribution in [0.25, 0.3) is 33.0 Å². The molecule has 2 aromatic rings. The van der Waals surface area contributed by atoms with Gasteiger partial charge < -0.3 is 0 Å². The second kappa shape index (κ2) is 3.95. The predicted octanol–water partition coefficient (Wildman–Crippen LogP) is 5.52. The highest BCUT2D eigenvalue weighted by Crippen LogP contribution is 2.42. The molecule has 0 unspecified atom stereocenters. The normalized spacial score (nSPS) is 12.6. The molecule has 21 heavy (non-hydrogen) atoms. The van der Waals surface area contributed by atoms with Crippen molar-refractivity contribution in [1.82, 2.24) is 0 Å². The first-order valence-electron chi connectivity index (χ1n) is 7.43. The van der Waals surface area contributed by atoms with Crippen molar-refractivity contribution in [2.45, 2.75) is 6.42 Å². The summed E-state index contributed by atoms with van der Waals surface area (Å²) in [6.07, 6.45) is 1.03. The van der Waals surface area contributed by atoms with Gasteiger partial charge in [-0.2, -0.15) is 0 Å². The molecule has 0 spiro atoms. The van der Waals surface area contributed by atoms with E-state index in [1.165, 1.54) is 44.2 Å². The molecule has 98 valence electrons. The molecule has 0 heteroatoms. The van der Waals surface area contributed by atoms with Gasteiger partial charge in [0.1, 0.15) is 0 Å². The minimum atomic E-state index is 1.03.